The molecule has 0 aliphatic heterocycles. The molecule has 0 spiro atoms. The number of rotatable bonds is 5. The average Bonchev–Trinajstić information content (AvgIpc) is 2.34. The van der Waals surface area contributed by atoms with Crippen molar-refractivity contribution in [3.8, 4) is 0 Å². The normalized spacial score (nSPS) is 11.5. The van der Waals surface area contributed by atoms with E-state index in [4.69, 9.17) is 5.73 Å². The van der Waals surface area contributed by atoms with Gasteiger partial charge >= 0.3 is 0 Å². The van der Waals surface area contributed by atoms with E-state index in [0.717, 1.165) is 25.9 Å². The van der Waals surface area contributed by atoms with Crippen molar-refractivity contribution >= 4 is 5.96 Å². The van der Waals surface area contributed by atoms with Crippen molar-refractivity contribution in [2.24, 2.45) is 10.7 Å². The van der Waals surface area contributed by atoms with Gasteiger partial charge in [0.25, 0.3) is 0 Å². The average molecular weight is 220 g/mol. The number of aromatic nitrogens is 1. The van der Waals surface area contributed by atoms with Crippen LogP contribution in [-0.4, -0.2) is 36.0 Å². The number of aliphatic imine (C=N–C) groups is 1. The molecule has 0 aliphatic rings. The quantitative estimate of drug-likeness (QED) is 0.601. The van der Waals surface area contributed by atoms with Gasteiger partial charge in [-0.05, 0) is 30.5 Å². The van der Waals surface area contributed by atoms with Gasteiger partial charge in [-0.25, -0.2) is 0 Å². The zero-order valence-electron chi connectivity index (χ0n) is 10.1. The van der Waals surface area contributed by atoms with E-state index in [1.165, 1.54) is 5.56 Å². The second-order valence-electron chi connectivity index (χ2n) is 3.77. The number of likely N-dealkylation sites (N-methyl/N-ethyl adjacent to an activating group) is 1. The topological polar surface area (TPSA) is 54.5 Å². The van der Waals surface area contributed by atoms with Gasteiger partial charge in [0.05, 0.1) is 0 Å². The second kappa shape index (κ2) is 6.82. The number of guanidine groups is 1. The van der Waals surface area contributed by atoms with Gasteiger partial charge in [-0.1, -0.05) is 6.92 Å². The van der Waals surface area contributed by atoms with Crippen LogP contribution in [0.2, 0.25) is 0 Å². The Labute approximate surface area is 97.2 Å². The predicted molar refractivity (Wildman–Crippen MR) is 67.4 cm³/mol. The molecular weight excluding hydrogens is 200 g/mol. The van der Waals surface area contributed by atoms with Crippen LogP contribution in [0.4, 0.5) is 0 Å². The Morgan fingerprint density at radius 2 is 2.12 bits per heavy atom. The van der Waals surface area contributed by atoms with Crippen LogP contribution >= 0.6 is 0 Å². The van der Waals surface area contributed by atoms with E-state index < -0.39 is 0 Å². The molecule has 0 unspecified atom stereocenters. The van der Waals surface area contributed by atoms with Crippen LogP contribution in [-0.2, 0) is 6.42 Å². The Balaban J connectivity index is 2.38. The molecular formula is C12H20N4. The van der Waals surface area contributed by atoms with Crippen LogP contribution in [0.3, 0.4) is 0 Å². The first kappa shape index (κ1) is 12.5. The Hall–Kier alpha value is -1.58. The third-order valence-electron chi connectivity index (χ3n) is 2.37. The van der Waals surface area contributed by atoms with E-state index in [1.54, 1.807) is 0 Å². The minimum Gasteiger partial charge on any atom is -0.370 e. The molecule has 1 aromatic heterocycles. The van der Waals surface area contributed by atoms with Crippen LogP contribution in [0.1, 0.15) is 18.9 Å². The summed E-state index contributed by atoms with van der Waals surface area (Å²) in [5.41, 5.74) is 7.10. The summed E-state index contributed by atoms with van der Waals surface area (Å²) in [4.78, 5) is 10.2. The number of nitrogens with zero attached hydrogens (tertiary/aromatic N) is 3. The molecule has 0 amide bonds. The molecule has 1 aromatic rings. The monoisotopic (exact) mass is 220 g/mol. The smallest absolute Gasteiger partial charge is 0.190 e. The second-order valence-corrected chi connectivity index (χ2v) is 3.77. The van der Waals surface area contributed by atoms with Crippen molar-refractivity contribution in [2.75, 3.05) is 20.1 Å². The summed E-state index contributed by atoms with van der Waals surface area (Å²) in [6.07, 6.45) is 5.61. The summed E-state index contributed by atoms with van der Waals surface area (Å²) in [5, 5.41) is 0. The van der Waals surface area contributed by atoms with Crippen LogP contribution in [0.15, 0.2) is 29.5 Å². The van der Waals surface area contributed by atoms with Gasteiger partial charge in [0.15, 0.2) is 5.96 Å². The maximum atomic E-state index is 5.83. The summed E-state index contributed by atoms with van der Waals surface area (Å²) in [6.45, 7) is 3.77. The molecule has 0 fully saturated rings. The SMILES string of the molecule is CCCN=C(N)N(C)CCc1ccncc1. The lowest BCUT2D eigenvalue weighted by Crippen LogP contribution is -2.35. The van der Waals surface area contributed by atoms with E-state index >= 15 is 0 Å². The third kappa shape index (κ3) is 4.29. The van der Waals surface area contributed by atoms with E-state index in [9.17, 15) is 0 Å². The van der Waals surface area contributed by atoms with Gasteiger partial charge in [-0.3, -0.25) is 9.98 Å². The standard InChI is InChI=1S/C12H20N4/c1-3-7-15-12(13)16(2)10-6-11-4-8-14-9-5-11/h4-5,8-9H,3,6-7,10H2,1-2H3,(H2,13,15). The van der Waals surface area contributed by atoms with Gasteiger partial charge in [0, 0.05) is 32.5 Å². The number of hydrogen-bond acceptors (Lipinski definition) is 2. The maximum Gasteiger partial charge on any atom is 0.190 e. The molecule has 0 saturated carbocycles. The molecule has 0 radical (unpaired) electrons. The molecule has 16 heavy (non-hydrogen) atoms. The Morgan fingerprint density at radius 3 is 2.75 bits per heavy atom. The van der Waals surface area contributed by atoms with Crippen molar-refractivity contribution < 1.29 is 0 Å². The van der Waals surface area contributed by atoms with Gasteiger partial charge in [-0.2, -0.15) is 0 Å². The number of pyridine rings is 1. The van der Waals surface area contributed by atoms with Crippen molar-refractivity contribution in [3.63, 3.8) is 0 Å². The summed E-state index contributed by atoms with van der Waals surface area (Å²) >= 11 is 0. The minimum absolute atomic E-state index is 0.621. The van der Waals surface area contributed by atoms with Crippen LogP contribution in [0.5, 0.6) is 0 Å². The molecule has 0 atom stereocenters. The Morgan fingerprint density at radius 1 is 1.44 bits per heavy atom. The molecule has 1 rings (SSSR count). The first-order valence-corrected chi connectivity index (χ1v) is 5.64. The summed E-state index contributed by atoms with van der Waals surface area (Å²) < 4.78 is 0. The highest BCUT2D eigenvalue weighted by atomic mass is 15.2. The Bertz CT molecular complexity index is 321. The van der Waals surface area contributed by atoms with E-state index in [1.807, 2.05) is 36.5 Å². The first-order chi connectivity index (χ1) is 7.74. The van der Waals surface area contributed by atoms with Crippen LogP contribution < -0.4 is 5.73 Å². The third-order valence-corrected chi connectivity index (χ3v) is 2.37. The van der Waals surface area contributed by atoms with Crippen LogP contribution in [0.25, 0.3) is 0 Å². The lowest BCUT2D eigenvalue weighted by molar-refractivity contribution is 0.499. The van der Waals surface area contributed by atoms with Crippen molar-refractivity contribution in [1.82, 2.24) is 9.88 Å². The molecule has 1 heterocycles. The maximum absolute atomic E-state index is 5.83. The highest BCUT2D eigenvalue weighted by Crippen LogP contribution is 1.98. The van der Waals surface area contributed by atoms with Crippen molar-refractivity contribution in [3.05, 3.63) is 30.1 Å². The predicted octanol–water partition coefficient (Wildman–Crippen LogP) is 1.28. The molecule has 0 saturated heterocycles. The van der Waals surface area contributed by atoms with E-state index in [-0.39, 0.29) is 0 Å². The molecule has 0 bridgehead atoms. The molecule has 88 valence electrons. The van der Waals surface area contributed by atoms with Gasteiger partial charge in [0.2, 0.25) is 0 Å². The van der Waals surface area contributed by atoms with Gasteiger partial charge in [-0.15, -0.1) is 0 Å². The number of hydrogen-bond donors (Lipinski definition) is 1. The molecule has 0 aliphatic carbocycles. The highest BCUT2D eigenvalue weighted by Gasteiger charge is 2.01. The molecule has 2 N–H and O–H groups in total. The molecule has 0 aromatic carbocycles. The zero-order chi connectivity index (χ0) is 11.8. The summed E-state index contributed by atoms with van der Waals surface area (Å²) in [7, 11) is 1.97. The van der Waals surface area contributed by atoms with E-state index in [2.05, 4.69) is 16.9 Å². The highest BCUT2D eigenvalue weighted by molar-refractivity contribution is 5.77. The van der Waals surface area contributed by atoms with Crippen LogP contribution in [0, 0.1) is 0 Å². The Kier molecular flexibility index (Phi) is 5.32. The fourth-order valence-corrected chi connectivity index (χ4v) is 1.31. The fraction of sp³-hybridized carbons (Fsp3) is 0.500. The van der Waals surface area contributed by atoms with Crippen molar-refractivity contribution in [1.29, 1.82) is 0 Å². The first-order valence-electron chi connectivity index (χ1n) is 5.64. The minimum atomic E-state index is 0.621. The summed E-state index contributed by atoms with van der Waals surface area (Å²) in [6, 6.07) is 4.04. The summed E-state index contributed by atoms with van der Waals surface area (Å²) in [5.74, 6) is 0.621. The fourth-order valence-electron chi connectivity index (χ4n) is 1.31. The molecule has 4 nitrogen and oxygen atoms in total. The lowest BCUT2D eigenvalue weighted by Gasteiger charge is -2.17. The molecule has 4 heteroatoms. The lowest BCUT2D eigenvalue weighted by atomic mass is 10.2. The van der Waals surface area contributed by atoms with Crippen molar-refractivity contribution in [2.45, 2.75) is 19.8 Å². The van der Waals surface area contributed by atoms with Gasteiger partial charge < -0.3 is 10.6 Å². The number of nitrogens with two attached hydrogens (primary N) is 1. The largest absolute Gasteiger partial charge is 0.370 e. The zero-order valence-corrected chi connectivity index (χ0v) is 10.1. The van der Waals surface area contributed by atoms with Gasteiger partial charge in [0.1, 0.15) is 0 Å². The van der Waals surface area contributed by atoms with E-state index in [0.29, 0.717) is 5.96 Å².